The van der Waals surface area contributed by atoms with Gasteiger partial charge in [0.25, 0.3) is 0 Å². The average molecular weight is 312 g/mol. The van der Waals surface area contributed by atoms with E-state index in [1.54, 1.807) is 6.07 Å². The SMILES string of the molecule is Cc1cc(F)ccc1CCNC(=O)C1Cc2ccccc2CN1. The Morgan fingerprint density at radius 2 is 2.04 bits per heavy atom. The number of hydrogen-bond donors (Lipinski definition) is 2. The molecule has 1 amide bonds. The van der Waals surface area contributed by atoms with Crippen LogP contribution in [0.25, 0.3) is 0 Å². The zero-order chi connectivity index (χ0) is 16.2. The van der Waals surface area contributed by atoms with Gasteiger partial charge in [-0.15, -0.1) is 0 Å². The second-order valence-corrected chi connectivity index (χ2v) is 6.02. The molecule has 2 N–H and O–H groups in total. The number of nitrogens with one attached hydrogen (secondary N) is 2. The van der Waals surface area contributed by atoms with Crippen LogP contribution in [0.15, 0.2) is 42.5 Å². The second-order valence-electron chi connectivity index (χ2n) is 6.02. The largest absolute Gasteiger partial charge is 0.354 e. The highest BCUT2D eigenvalue weighted by molar-refractivity contribution is 5.82. The summed E-state index contributed by atoms with van der Waals surface area (Å²) in [5.41, 5.74) is 4.48. The zero-order valence-corrected chi connectivity index (χ0v) is 13.2. The maximum Gasteiger partial charge on any atom is 0.237 e. The maximum absolute atomic E-state index is 13.1. The number of fused-ring (bicyclic) bond motifs is 1. The molecule has 120 valence electrons. The number of halogens is 1. The molecule has 0 fully saturated rings. The minimum absolute atomic E-state index is 0.0271. The Morgan fingerprint density at radius 3 is 2.83 bits per heavy atom. The number of carbonyl (C=O) groups is 1. The lowest BCUT2D eigenvalue weighted by atomic mass is 9.95. The fourth-order valence-electron chi connectivity index (χ4n) is 3.02. The molecule has 4 heteroatoms. The number of benzene rings is 2. The lowest BCUT2D eigenvalue weighted by Crippen LogP contribution is -2.48. The molecular weight excluding hydrogens is 291 g/mol. The van der Waals surface area contributed by atoms with E-state index >= 15 is 0 Å². The molecule has 0 saturated carbocycles. The van der Waals surface area contributed by atoms with Gasteiger partial charge in [0.2, 0.25) is 5.91 Å². The Labute approximate surface area is 135 Å². The minimum Gasteiger partial charge on any atom is -0.354 e. The third-order valence-electron chi connectivity index (χ3n) is 4.40. The van der Waals surface area contributed by atoms with Crippen molar-refractivity contribution in [1.82, 2.24) is 10.6 Å². The smallest absolute Gasteiger partial charge is 0.237 e. The predicted molar refractivity (Wildman–Crippen MR) is 88.6 cm³/mol. The summed E-state index contributed by atoms with van der Waals surface area (Å²) in [6, 6.07) is 12.8. The molecule has 3 rings (SSSR count). The molecule has 1 aliphatic heterocycles. The summed E-state index contributed by atoms with van der Waals surface area (Å²) in [5.74, 6) is -0.195. The van der Waals surface area contributed by atoms with E-state index < -0.39 is 0 Å². The van der Waals surface area contributed by atoms with Crippen LogP contribution in [0.2, 0.25) is 0 Å². The molecule has 0 bridgehead atoms. The fourth-order valence-corrected chi connectivity index (χ4v) is 3.02. The molecule has 1 heterocycles. The number of rotatable bonds is 4. The van der Waals surface area contributed by atoms with E-state index in [1.165, 1.54) is 23.3 Å². The van der Waals surface area contributed by atoms with Gasteiger partial charge in [0, 0.05) is 13.1 Å². The standard InChI is InChI=1S/C19H21FN2O/c1-13-10-17(20)7-6-14(13)8-9-21-19(23)18-11-15-4-2-3-5-16(15)12-22-18/h2-7,10,18,22H,8-9,11-12H2,1H3,(H,21,23). The Bertz CT molecular complexity index is 714. The molecule has 0 spiro atoms. The van der Waals surface area contributed by atoms with Crippen LogP contribution in [0.3, 0.4) is 0 Å². The monoisotopic (exact) mass is 312 g/mol. The van der Waals surface area contributed by atoms with Crippen molar-refractivity contribution in [2.24, 2.45) is 0 Å². The summed E-state index contributed by atoms with van der Waals surface area (Å²) in [4.78, 5) is 12.3. The van der Waals surface area contributed by atoms with E-state index in [1.807, 2.05) is 19.1 Å². The molecule has 0 radical (unpaired) electrons. The summed E-state index contributed by atoms with van der Waals surface area (Å²) in [5, 5.41) is 6.26. The van der Waals surface area contributed by atoms with Crippen LogP contribution in [0.4, 0.5) is 4.39 Å². The van der Waals surface area contributed by atoms with Gasteiger partial charge in [0.05, 0.1) is 6.04 Å². The highest BCUT2D eigenvalue weighted by Crippen LogP contribution is 2.16. The summed E-state index contributed by atoms with van der Waals surface area (Å²) < 4.78 is 13.1. The molecule has 3 nitrogen and oxygen atoms in total. The third-order valence-corrected chi connectivity index (χ3v) is 4.40. The number of carbonyl (C=O) groups excluding carboxylic acids is 1. The first-order valence-corrected chi connectivity index (χ1v) is 7.96. The van der Waals surface area contributed by atoms with Crippen molar-refractivity contribution in [3.63, 3.8) is 0 Å². The zero-order valence-electron chi connectivity index (χ0n) is 13.2. The van der Waals surface area contributed by atoms with Crippen LogP contribution in [0, 0.1) is 12.7 Å². The van der Waals surface area contributed by atoms with Crippen molar-refractivity contribution < 1.29 is 9.18 Å². The summed E-state index contributed by atoms with van der Waals surface area (Å²) in [6.07, 6.45) is 1.43. The fraction of sp³-hybridized carbons (Fsp3) is 0.316. The van der Waals surface area contributed by atoms with Gasteiger partial charge in [0.1, 0.15) is 5.82 Å². The summed E-state index contributed by atoms with van der Waals surface area (Å²) in [7, 11) is 0. The molecule has 1 unspecified atom stereocenters. The van der Waals surface area contributed by atoms with Gasteiger partial charge in [0.15, 0.2) is 0 Å². The van der Waals surface area contributed by atoms with Crippen LogP contribution in [0.1, 0.15) is 22.3 Å². The van der Waals surface area contributed by atoms with Gasteiger partial charge in [-0.05, 0) is 54.2 Å². The van der Waals surface area contributed by atoms with Crippen molar-refractivity contribution in [1.29, 1.82) is 0 Å². The van der Waals surface area contributed by atoms with Gasteiger partial charge < -0.3 is 10.6 Å². The van der Waals surface area contributed by atoms with E-state index in [0.29, 0.717) is 13.0 Å². The molecule has 23 heavy (non-hydrogen) atoms. The minimum atomic E-state index is -0.222. The normalized spacial score (nSPS) is 16.7. The Balaban J connectivity index is 1.52. The van der Waals surface area contributed by atoms with E-state index in [0.717, 1.165) is 24.1 Å². The molecule has 1 aliphatic rings. The topological polar surface area (TPSA) is 41.1 Å². The van der Waals surface area contributed by atoms with Crippen LogP contribution in [0.5, 0.6) is 0 Å². The lowest BCUT2D eigenvalue weighted by molar-refractivity contribution is -0.123. The van der Waals surface area contributed by atoms with E-state index in [4.69, 9.17) is 0 Å². The van der Waals surface area contributed by atoms with Crippen molar-refractivity contribution in [3.05, 3.63) is 70.5 Å². The number of amides is 1. The Kier molecular flexibility index (Phi) is 4.72. The molecule has 0 saturated heterocycles. The predicted octanol–water partition coefficient (Wildman–Crippen LogP) is 2.51. The van der Waals surface area contributed by atoms with Gasteiger partial charge in [-0.3, -0.25) is 4.79 Å². The van der Waals surface area contributed by atoms with Crippen LogP contribution in [-0.4, -0.2) is 18.5 Å². The first kappa shape index (κ1) is 15.7. The first-order chi connectivity index (χ1) is 11.1. The Hall–Kier alpha value is -2.20. The highest BCUT2D eigenvalue weighted by atomic mass is 19.1. The Morgan fingerprint density at radius 1 is 1.26 bits per heavy atom. The van der Waals surface area contributed by atoms with Gasteiger partial charge >= 0.3 is 0 Å². The van der Waals surface area contributed by atoms with Gasteiger partial charge in [-0.25, -0.2) is 4.39 Å². The summed E-state index contributed by atoms with van der Waals surface area (Å²) >= 11 is 0. The van der Waals surface area contributed by atoms with Gasteiger partial charge in [-0.1, -0.05) is 30.3 Å². The maximum atomic E-state index is 13.1. The second kappa shape index (κ2) is 6.92. The first-order valence-electron chi connectivity index (χ1n) is 7.96. The van der Waals surface area contributed by atoms with E-state index in [9.17, 15) is 9.18 Å². The van der Waals surface area contributed by atoms with Crippen LogP contribution >= 0.6 is 0 Å². The van der Waals surface area contributed by atoms with Gasteiger partial charge in [-0.2, -0.15) is 0 Å². The van der Waals surface area contributed by atoms with E-state index in [-0.39, 0.29) is 17.8 Å². The summed E-state index contributed by atoms with van der Waals surface area (Å²) in [6.45, 7) is 3.18. The molecular formula is C19H21FN2O. The molecule has 2 aromatic carbocycles. The lowest BCUT2D eigenvalue weighted by Gasteiger charge is -2.25. The van der Waals surface area contributed by atoms with Crippen molar-refractivity contribution in [3.8, 4) is 0 Å². The quantitative estimate of drug-likeness (QED) is 0.911. The average Bonchev–Trinajstić information content (AvgIpc) is 2.56. The van der Waals surface area contributed by atoms with Crippen LogP contribution in [-0.2, 0) is 24.2 Å². The van der Waals surface area contributed by atoms with Crippen molar-refractivity contribution in [2.75, 3.05) is 6.54 Å². The molecule has 2 aromatic rings. The highest BCUT2D eigenvalue weighted by Gasteiger charge is 2.23. The molecule has 1 atom stereocenters. The number of hydrogen-bond acceptors (Lipinski definition) is 2. The van der Waals surface area contributed by atoms with Crippen molar-refractivity contribution >= 4 is 5.91 Å². The molecule has 0 aliphatic carbocycles. The van der Waals surface area contributed by atoms with E-state index in [2.05, 4.69) is 22.8 Å². The molecule has 0 aromatic heterocycles. The third kappa shape index (κ3) is 3.77. The number of aryl methyl sites for hydroxylation is 1. The van der Waals surface area contributed by atoms with Crippen LogP contribution < -0.4 is 10.6 Å². The van der Waals surface area contributed by atoms with Crippen molar-refractivity contribution in [2.45, 2.75) is 32.4 Å².